The van der Waals surface area contributed by atoms with Gasteiger partial charge in [0.25, 0.3) is 0 Å². The smallest absolute Gasteiger partial charge is 0.261 e. The predicted molar refractivity (Wildman–Crippen MR) is 263 cm³/mol. The van der Waals surface area contributed by atoms with Gasteiger partial charge in [-0.25, -0.2) is 0 Å². The van der Waals surface area contributed by atoms with Crippen LogP contribution in [-0.2, 0) is 58.0 Å². The van der Waals surface area contributed by atoms with Gasteiger partial charge in [-0.3, -0.25) is 15.0 Å². The summed E-state index contributed by atoms with van der Waals surface area (Å²) in [6.45, 7) is 32.1. The van der Waals surface area contributed by atoms with Crippen molar-refractivity contribution in [1.82, 2.24) is 15.0 Å². The second-order valence-corrected chi connectivity index (χ2v) is 23.1. The summed E-state index contributed by atoms with van der Waals surface area (Å²) in [6, 6.07) is 12.9. The van der Waals surface area contributed by atoms with Gasteiger partial charge in [0.15, 0.2) is 0 Å². The van der Waals surface area contributed by atoms with Gasteiger partial charge >= 0.3 is 30.9 Å². The van der Waals surface area contributed by atoms with Crippen molar-refractivity contribution in [3.63, 3.8) is 0 Å². The largest absolute Gasteiger partial charge is 0.417 e. The van der Waals surface area contributed by atoms with Crippen LogP contribution in [0.25, 0.3) is 0 Å². The molecule has 0 saturated heterocycles. The van der Waals surface area contributed by atoms with Gasteiger partial charge in [0.05, 0.1) is 32.8 Å². The van der Waals surface area contributed by atoms with Crippen LogP contribution in [-0.4, -0.2) is 15.0 Å². The molecule has 0 radical (unpaired) electrons. The molecule has 19 heteroatoms. The van der Waals surface area contributed by atoms with Crippen LogP contribution in [0.3, 0.4) is 0 Å². The van der Waals surface area contributed by atoms with Crippen molar-refractivity contribution in [3.05, 3.63) is 157 Å². The fourth-order valence-electron chi connectivity index (χ4n) is 6.10. The summed E-state index contributed by atoms with van der Waals surface area (Å²) >= 11 is 5.51. The first-order valence-corrected chi connectivity index (χ1v) is 23.3. The van der Waals surface area contributed by atoms with E-state index < -0.39 is 58.7 Å². The average Bonchev–Trinajstić information content (AvgIpc) is 3.18. The van der Waals surface area contributed by atoms with Gasteiger partial charge < -0.3 is 0 Å². The van der Waals surface area contributed by atoms with Crippen LogP contribution in [0.2, 0.25) is 5.02 Å². The Kier molecular flexibility index (Phi) is 21.8. The molecule has 3 nitrogen and oxygen atoms in total. The minimum Gasteiger partial charge on any atom is -0.261 e. The van der Waals surface area contributed by atoms with Gasteiger partial charge in [0.2, 0.25) is 0 Å². The first kappa shape index (κ1) is 67.1. The lowest BCUT2D eigenvalue weighted by molar-refractivity contribution is -0.139. The zero-order valence-electron chi connectivity index (χ0n) is 44.9. The second kappa shape index (κ2) is 24.0. The van der Waals surface area contributed by atoms with Crippen LogP contribution in [0.15, 0.2) is 79.3 Å². The van der Waals surface area contributed by atoms with Gasteiger partial charge in [-0.1, -0.05) is 134 Å². The summed E-state index contributed by atoms with van der Waals surface area (Å²) in [7, 11) is 0. The fraction of sp³-hybridized carbons (Fsp3) is 0.509. The third-order valence-corrected chi connectivity index (χ3v) is 11.1. The highest BCUT2D eigenvalue weighted by atomic mass is 35.5. The Morgan fingerprint density at radius 2 is 0.622 bits per heavy atom. The molecule has 2 aromatic carbocycles. The maximum Gasteiger partial charge on any atom is 0.417 e. The standard InChI is InChI=1S/C12H15F3.C11H12ClF3.2C11H14F3N.C10H12F3N/c1-8-5-6-9(11(2,3)4)7-10(8)12(13,14)15;1-10(2,3)7-4-5-9(12)8(6-7)11(13,14)15;2*1-7-6-15-9(10(2,3)4)5-8(7)11(12,13)14;1-9(2,3)8-6-7(4-5-14-8)10(11,12)13/h5-7H,1-4H3;4-6H,1-3H3;2*5-6H,1-4H3;4-6H,1-3H3. The molecule has 0 atom stereocenters. The Bertz CT molecular complexity index is 2280. The van der Waals surface area contributed by atoms with Crippen molar-refractivity contribution in [2.24, 2.45) is 0 Å². The number of rotatable bonds is 0. The number of nitrogens with zero attached hydrogens (tertiary/aromatic N) is 3. The third-order valence-electron chi connectivity index (χ3n) is 10.8. The molecule has 0 bridgehead atoms. The SMILES string of the molecule is CC(C)(C)c1cc(C(F)(F)F)ccn1.CC(C)(C)c1ccc(Cl)c(C(F)(F)F)c1.Cc1ccc(C(C)(C)C)cc1C(F)(F)F.Cc1cnc(C(C)(C)C)cc1C(F)(F)F.Cc1cnc(C(C)(C)C)cc1C(F)(F)F. The second-order valence-electron chi connectivity index (χ2n) is 22.7. The lowest BCUT2D eigenvalue weighted by atomic mass is 9.85. The quantitative estimate of drug-likeness (QED) is 0.145. The monoisotopic (exact) mass is 1090 g/mol. The molecular weight excluding hydrogens is 1020 g/mol. The molecule has 3 aromatic heterocycles. The van der Waals surface area contributed by atoms with Crippen LogP contribution in [0, 0.1) is 20.8 Å². The molecule has 0 aliphatic heterocycles. The molecule has 5 rings (SSSR count). The highest BCUT2D eigenvalue weighted by Crippen LogP contribution is 2.39. The molecule has 0 saturated carbocycles. The normalized spacial score (nSPS) is 13.0. The van der Waals surface area contributed by atoms with Gasteiger partial charge in [-0.2, -0.15) is 65.9 Å². The van der Waals surface area contributed by atoms with Gasteiger partial charge in [-0.05, 0) is 102 Å². The van der Waals surface area contributed by atoms with E-state index in [2.05, 4.69) is 15.0 Å². The van der Waals surface area contributed by atoms with E-state index in [1.807, 2.05) is 104 Å². The Hall–Kier alpha value is -4.87. The van der Waals surface area contributed by atoms with E-state index in [1.54, 1.807) is 12.1 Å². The van der Waals surface area contributed by atoms with E-state index in [-0.39, 0.29) is 48.8 Å². The number of aromatic nitrogens is 3. The van der Waals surface area contributed by atoms with E-state index >= 15 is 0 Å². The van der Waals surface area contributed by atoms with Crippen LogP contribution in [0.5, 0.6) is 0 Å². The molecule has 0 N–H and O–H groups in total. The number of benzene rings is 2. The highest BCUT2D eigenvalue weighted by molar-refractivity contribution is 6.31. The molecule has 0 aliphatic carbocycles. The van der Waals surface area contributed by atoms with E-state index in [0.717, 1.165) is 30.3 Å². The summed E-state index contributed by atoms with van der Waals surface area (Å²) in [6.07, 6.45) is -17.8. The minimum absolute atomic E-state index is 0.163. The molecular formula is C55H67ClF15N3. The van der Waals surface area contributed by atoms with Gasteiger partial charge in [0, 0.05) is 51.9 Å². The summed E-state index contributed by atoms with van der Waals surface area (Å²) < 4.78 is 188. The molecule has 0 amide bonds. The van der Waals surface area contributed by atoms with Crippen molar-refractivity contribution in [2.75, 3.05) is 0 Å². The molecule has 74 heavy (non-hydrogen) atoms. The number of hydrogen-bond acceptors (Lipinski definition) is 3. The summed E-state index contributed by atoms with van der Waals surface area (Å²) in [5.41, 5.74) is -1.50. The van der Waals surface area contributed by atoms with Crippen molar-refractivity contribution < 1.29 is 65.9 Å². The first-order valence-electron chi connectivity index (χ1n) is 22.9. The lowest BCUT2D eigenvalue weighted by Gasteiger charge is -2.21. The van der Waals surface area contributed by atoms with Crippen molar-refractivity contribution >= 4 is 11.6 Å². The number of hydrogen-bond donors (Lipinski definition) is 0. The molecule has 0 aliphatic rings. The summed E-state index contributed by atoms with van der Waals surface area (Å²) in [4.78, 5) is 12.0. The molecule has 5 aromatic rings. The number of aryl methyl sites for hydroxylation is 3. The molecule has 3 heterocycles. The van der Waals surface area contributed by atoms with Crippen molar-refractivity contribution in [2.45, 2.75) is 183 Å². The summed E-state index contributed by atoms with van der Waals surface area (Å²) in [5.74, 6) is 0. The van der Waals surface area contributed by atoms with Gasteiger partial charge in [0.1, 0.15) is 0 Å². The van der Waals surface area contributed by atoms with E-state index in [1.165, 1.54) is 57.6 Å². The van der Waals surface area contributed by atoms with E-state index in [4.69, 9.17) is 11.6 Å². The Balaban J connectivity index is 0.000000463. The van der Waals surface area contributed by atoms with Crippen molar-refractivity contribution in [1.29, 1.82) is 0 Å². The minimum atomic E-state index is -4.39. The lowest BCUT2D eigenvalue weighted by Crippen LogP contribution is -2.17. The van der Waals surface area contributed by atoms with Crippen LogP contribution in [0.4, 0.5) is 65.9 Å². The van der Waals surface area contributed by atoms with Crippen LogP contribution < -0.4 is 0 Å². The fourth-order valence-corrected chi connectivity index (χ4v) is 6.32. The van der Waals surface area contributed by atoms with Gasteiger partial charge in [-0.15, -0.1) is 0 Å². The Labute approximate surface area is 430 Å². The Morgan fingerprint density at radius 3 is 0.932 bits per heavy atom. The summed E-state index contributed by atoms with van der Waals surface area (Å²) in [5, 5.41) is -0.254. The van der Waals surface area contributed by atoms with E-state index in [0.29, 0.717) is 28.2 Å². The maximum absolute atomic E-state index is 12.6. The van der Waals surface area contributed by atoms with Crippen LogP contribution >= 0.6 is 11.6 Å². The number of alkyl halides is 15. The average molecular weight is 1090 g/mol. The molecule has 414 valence electrons. The maximum atomic E-state index is 12.6. The van der Waals surface area contributed by atoms with Crippen molar-refractivity contribution in [3.8, 4) is 0 Å². The van der Waals surface area contributed by atoms with Crippen LogP contribution in [0.1, 0.15) is 177 Å². The zero-order valence-corrected chi connectivity index (χ0v) is 45.7. The Morgan fingerprint density at radius 1 is 0.311 bits per heavy atom. The predicted octanol–water partition coefficient (Wildman–Crippen LogP) is 19.8. The molecule has 0 spiro atoms. The number of halogens is 16. The molecule has 0 unspecified atom stereocenters. The highest BCUT2D eigenvalue weighted by Gasteiger charge is 2.37. The first-order chi connectivity index (χ1) is 32.7. The molecule has 0 fully saturated rings. The number of pyridine rings is 3. The topological polar surface area (TPSA) is 38.7 Å². The van der Waals surface area contributed by atoms with E-state index in [9.17, 15) is 65.9 Å². The third kappa shape index (κ3) is 21.4. The zero-order chi connectivity index (χ0) is 58.4.